The molecule has 1 N–H and O–H groups in total. The largest absolute Gasteiger partial charge is 0.416 e. The Hall–Kier alpha value is -1.46. The van der Waals surface area contributed by atoms with Crippen LogP contribution in [0.4, 0.5) is 13.2 Å². The summed E-state index contributed by atoms with van der Waals surface area (Å²) in [5, 5.41) is 10.1. The topological polar surface area (TPSA) is 20.2 Å². The molecular weight excluding hydrogens is 297 g/mol. The molecule has 2 aromatic rings. The van der Waals surface area contributed by atoms with Crippen LogP contribution in [0, 0.1) is 6.92 Å². The number of aliphatic hydroxyl groups is 1. The zero-order valence-electron chi connectivity index (χ0n) is 11.4. The second kappa shape index (κ2) is 6.54. The number of benzene rings is 2. The summed E-state index contributed by atoms with van der Waals surface area (Å²) in [5.74, 6) is 0.177. The highest BCUT2D eigenvalue weighted by molar-refractivity contribution is 7.99. The van der Waals surface area contributed by atoms with Gasteiger partial charge in [-0.1, -0.05) is 35.9 Å². The van der Waals surface area contributed by atoms with Crippen molar-refractivity contribution < 1.29 is 18.3 Å². The van der Waals surface area contributed by atoms with Crippen molar-refractivity contribution in [3.05, 3.63) is 65.2 Å². The third-order valence-corrected chi connectivity index (χ3v) is 4.14. The summed E-state index contributed by atoms with van der Waals surface area (Å²) in [7, 11) is 0. The molecule has 0 fully saturated rings. The number of halogens is 3. The van der Waals surface area contributed by atoms with Gasteiger partial charge in [0.05, 0.1) is 11.7 Å². The van der Waals surface area contributed by atoms with E-state index < -0.39 is 17.8 Å². The van der Waals surface area contributed by atoms with Gasteiger partial charge in [0.25, 0.3) is 0 Å². The van der Waals surface area contributed by atoms with Gasteiger partial charge >= 0.3 is 6.18 Å². The predicted octanol–water partition coefficient (Wildman–Crippen LogP) is 4.84. The molecule has 21 heavy (non-hydrogen) atoms. The molecule has 1 atom stereocenters. The van der Waals surface area contributed by atoms with Crippen molar-refractivity contribution >= 4 is 11.8 Å². The lowest BCUT2D eigenvalue weighted by Gasteiger charge is -2.17. The lowest BCUT2D eigenvalue weighted by molar-refractivity contribution is -0.139. The maximum absolute atomic E-state index is 12.9. The van der Waals surface area contributed by atoms with Gasteiger partial charge in [-0.2, -0.15) is 13.2 Å². The normalized spacial score (nSPS) is 13.2. The summed E-state index contributed by atoms with van der Waals surface area (Å²) in [6, 6.07) is 12.8. The van der Waals surface area contributed by atoms with Gasteiger partial charge in [0.2, 0.25) is 0 Å². The molecule has 0 radical (unpaired) electrons. The molecule has 0 aliphatic carbocycles. The van der Waals surface area contributed by atoms with Crippen LogP contribution in [0.25, 0.3) is 0 Å². The molecule has 0 heterocycles. The Labute approximate surface area is 125 Å². The molecular formula is C16H15F3OS. The third-order valence-electron chi connectivity index (χ3n) is 3.05. The fourth-order valence-corrected chi connectivity index (χ4v) is 2.80. The Morgan fingerprint density at radius 3 is 2.29 bits per heavy atom. The third kappa shape index (κ3) is 4.25. The number of hydrogen-bond donors (Lipinski definition) is 1. The van der Waals surface area contributed by atoms with Gasteiger partial charge in [0.1, 0.15) is 0 Å². The van der Waals surface area contributed by atoms with Crippen molar-refractivity contribution in [2.24, 2.45) is 0 Å². The van der Waals surface area contributed by atoms with E-state index in [9.17, 15) is 18.3 Å². The zero-order valence-corrected chi connectivity index (χ0v) is 12.2. The van der Waals surface area contributed by atoms with Gasteiger partial charge < -0.3 is 5.11 Å². The maximum Gasteiger partial charge on any atom is 0.416 e. The predicted molar refractivity (Wildman–Crippen MR) is 78.3 cm³/mol. The van der Waals surface area contributed by atoms with Crippen LogP contribution in [0.2, 0.25) is 0 Å². The molecule has 0 spiro atoms. The molecule has 0 aromatic heterocycles. The number of hydrogen-bond acceptors (Lipinski definition) is 2. The van der Waals surface area contributed by atoms with Crippen LogP contribution in [-0.4, -0.2) is 10.9 Å². The highest BCUT2D eigenvalue weighted by Crippen LogP contribution is 2.36. The Morgan fingerprint density at radius 1 is 1.05 bits per heavy atom. The monoisotopic (exact) mass is 312 g/mol. The van der Waals surface area contributed by atoms with Crippen molar-refractivity contribution in [3.63, 3.8) is 0 Å². The first-order chi connectivity index (χ1) is 9.88. The lowest BCUT2D eigenvalue weighted by Crippen LogP contribution is -2.13. The Balaban J connectivity index is 2.10. The number of alkyl halides is 3. The van der Waals surface area contributed by atoms with Crippen molar-refractivity contribution in [3.8, 4) is 0 Å². The smallest absolute Gasteiger partial charge is 0.388 e. The standard InChI is InChI=1S/C16H15F3OS/c1-11-6-8-12(9-7-11)21-10-15(20)13-4-2-3-5-14(13)16(17,18)19/h2-9,15,20H,10H2,1H3. The van der Waals surface area contributed by atoms with E-state index in [0.717, 1.165) is 16.5 Å². The number of rotatable bonds is 4. The van der Waals surface area contributed by atoms with E-state index in [1.54, 1.807) is 0 Å². The minimum Gasteiger partial charge on any atom is -0.388 e. The summed E-state index contributed by atoms with van der Waals surface area (Å²) >= 11 is 1.33. The Kier molecular flexibility index (Phi) is 4.96. The van der Waals surface area contributed by atoms with Crippen molar-refractivity contribution in [2.75, 3.05) is 5.75 Å². The van der Waals surface area contributed by atoms with Gasteiger partial charge in [0.15, 0.2) is 0 Å². The fourth-order valence-electron chi connectivity index (χ4n) is 1.95. The van der Waals surface area contributed by atoms with E-state index >= 15 is 0 Å². The van der Waals surface area contributed by atoms with Crippen molar-refractivity contribution in [2.45, 2.75) is 24.1 Å². The van der Waals surface area contributed by atoms with E-state index in [1.807, 2.05) is 31.2 Å². The first-order valence-electron chi connectivity index (χ1n) is 6.41. The first-order valence-corrected chi connectivity index (χ1v) is 7.40. The van der Waals surface area contributed by atoms with Crippen LogP contribution < -0.4 is 0 Å². The summed E-state index contributed by atoms with van der Waals surface area (Å²) in [6.07, 6.45) is -5.61. The maximum atomic E-state index is 12.9. The molecule has 0 aliphatic heterocycles. The van der Waals surface area contributed by atoms with E-state index in [4.69, 9.17) is 0 Å². The summed E-state index contributed by atoms with van der Waals surface area (Å²) in [6.45, 7) is 1.96. The summed E-state index contributed by atoms with van der Waals surface area (Å²) in [4.78, 5) is 0.920. The minimum absolute atomic E-state index is 0.0791. The van der Waals surface area contributed by atoms with E-state index in [0.29, 0.717) is 0 Å². The molecule has 112 valence electrons. The van der Waals surface area contributed by atoms with Crippen LogP contribution in [-0.2, 0) is 6.18 Å². The van der Waals surface area contributed by atoms with E-state index in [2.05, 4.69) is 0 Å². The molecule has 0 saturated heterocycles. The molecule has 2 aromatic carbocycles. The van der Waals surface area contributed by atoms with Gasteiger partial charge in [-0.25, -0.2) is 0 Å². The average molecular weight is 312 g/mol. The summed E-state index contributed by atoms with van der Waals surface area (Å²) < 4.78 is 38.7. The zero-order chi connectivity index (χ0) is 15.5. The first kappa shape index (κ1) is 15.9. The van der Waals surface area contributed by atoms with Gasteiger partial charge in [-0.3, -0.25) is 0 Å². The number of thioether (sulfide) groups is 1. The minimum atomic E-state index is -4.45. The summed E-state index contributed by atoms with van der Waals surface area (Å²) in [5.41, 5.74) is 0.258. The molecule has 0 amide bonds. The molecule has 0 aliphatic rings. The second-order valence-electron chi connectivity index (χ2n) is 4.72. The van der Waals surface area contributed by atoms with Crippen LogP contribution in [0.3, 0.4) is 0 Å². The molecule has 2 rings (SSSR count). The molecule has 0 saturated carbocycles. The SMILES string of the molecule is Cc1ccc(SCC(O)c2ccccc2C(F)(F)F)cc1. The van der Waals surface area contributed by atoms with Gasteiger partial charge in [-0.05, 0) is 30.7 Å². The Morgan fingerprint density at radius 2 is 1.67 bits per heavy atom. The number of aliphatic hydroxyl groups excluding tert-OH is 1. The highest BCUT2D eigenvalue weighted by Gasteiger charge is 2.34. The van der Waals surface area contributed by atoms with Crippen molar-refractivity contribution in [1.29, 1.82) is 0 Å². The van der Waals surface area contributed by atoms with Crippen LogP contribution in [0.15, 0.2) is 53.4 Å². The molecule has 1 unspecified atom stereocenters. The Bertz CT molecular complexity index is 593. The molecule has 0 bridgehead atoms. The second-order valence-corrected chi connectivity index (χ2v) is 5.82. The van der Waals surface area contributed by atoms with Gasteiger partial charge in [0, 0.05) is 10.6 Å². The average Bonchev–Trinajstić information content (AvgIpc) is 2.45. The van der Waals surface area contributed by atoms with Crippen LogP contribution in [0.5, 0.6) is 0 Å². The lowest BCUT2D eigenvalue weighted by atomic mass is 10.0. The molecule has 1 nitrogen and oxygen atoms in total. The van der Waals surface area contributed by atoms with Crippen molar-refractivity contribution in [1.82, 2.24) is 0 Å². The highest BCUT2D eigenvalue weighted by atomic mass is 32.2. The fraction of sp³-hybridized carbons (Fsp3) is 0.250. The quantitative estimate of drug-likeness (QED) is 0.815. The van der Waals surface area contributed by atoms with Crippen LogP contribution >= 0.6 is 11.8 Å². The number of aryl methyl sites for hydroxylation is 1. The van der Waals surface area contributed by atoms with E-state index in [1.165, 1.54) is 30.0 Å². The molecule has 5 heteroatoms. The van der Waals surface area contributed by atoms with Gasteiger partial charge in [-0.15, -0.1) is 11.8 Å². The van der Waals surface area contributed by atoms with E-state index in [-0.39, 0.29) is 11.3 Å². The van der Waals surface area contributed by atoms with Crippen LogP contribution in [0.1, 0.15) is 22.8 Å².